The second-order valence-corrected chi connectivity index (χ2v) is 5.68. The van der Waals surface area contributed by atoms with E-state index in [2.05, 4.69) is 21.2 Å². The van der Waals surface area contributed by atoms with Gasteiger partial charge in [0.05, 0.1) is 5.92 Å². The predicted molar refractivity (Wildman–Crippen MR) is 75.0 cm³/mol. The fourth-order valence-corrected chi connectivity index (χ4v) is 2.45. The number of hydrogen-bond acceptors (Lipinski definition) is 2. The number of rotatable bonds is 2. The van der Waals surface area contributed by atoms with Crippen LogP contribution in [0.5, 0.6) is 0 Å². The number of nitrogens with one attached hydrogen (secondary N) is 1. The number of carboxylic acid groups (broad SMARTS) is 1. The summed E-state index contributed by atoms with van der Waals surface area (Å²) in [5.74, 6) is -1.34. The van der Waals surface area contributed by atoms with Gasteiger partial charge in [0.25, 0.3) is 0 Å². The Kier molecular flexibility index (Phi) is 4.09. The Morgan fingerprint density at radius 2 is 1.95 bits per heavy atom. The number of carbonyl (C=O) groups excluding carboxylic acids is 1. The van der Waals surface area contributed by atoms with Gasteiger partial charge in [-0.25, -0.2) is 4.79 Å². The average molecular weight is 327 g/mol. The third kappa shape index (κ3) is 3.26. The van der Waals surface area contributed by atoms with Gasteiger partial charge in [-0.2, -0.15) is 0 Å². The van der Waals surface area contributed by atoms with E-state index >= 15 is 0 Å². The molecule has 2 rings (SSSR count). The van der Waals surface area contributed by atoms with E-state index in [-0.39, 0.29) is 18.5 Å². The molecule has 2 N–H and O–H groups in total. The summed E-state index contributed by atoms with van der Waals surface area (Å²) in [5.41, 5.74) is 0.694. The molecule has 0 bridgehead atoms. The molecule has 1 heterocycles. The summed E-state index contributed by atoms with van der Waals surface area (Å²) >= 11 is 3.32. The molecule has 19 heavy (non-hydrogen) atoms. The highest BCUT2D eigenvalue weighted by Crippen LogP contribution is 2.24. The first kappa shape index (κ1) is 13.9. The van der Waals surface area contributed by atoms with Crippen molar-refractivity contribution in [3.63, 3.8) is 0 Å². The zero-order valence-corrected chi connectivity index (χ0v) is 12.1. The number of nitrogens with zero attached hydrogens (tertiary/aromatic N) is 1. The lowest BCUT2D eigenvalue weighted by Crippen LogP contribution is -2.33. The molecule has 0 spiro atoms. The van der Waals surface area contributed by atoms with Gasteiger partial charge in [0.2, 0.25) is 0 Å². The topological polar surface area (TPSA) is 69.6 Å². The molecule has 2 amide bonds. The zero-order valence-electron chi connectivity index (χ0n) is 10.5. The summed E-state index contributed by atoms with van der Waals surface area (Å²) in [5, 5.41) is 11.8. The Morgan fingerprint density at radius 3 is 2.47 bits per heavy atom. The Bertz CT molecular complexity index is 489. The highest BCUT2D eigenvalue weighted by Gasteiger charge is 2.36. The second kappa shape index (κ2) is 5.61. The van der Waals surface area contributed by atoms with Crippen LogP contribution in [-0.4, -0.2) is 35.1 Å². The van der Waals surface area contributed by atoms with E-state index in [9.17, 15) is 9.59 Å². The van der Waals surface area contributed by atoms with E-state index in [4.69, 9.17) is 5.11 Å². The summed E-state index contributed by atoms with van der Waals surface area (Å²) < 4.78 is 0.936. The minimum Gasteiger partial charge on any atom is -0.481 e. The van der Waals surface area contributed by atoms with Crippen LogP contribution in [0.3, 0.4) is 0 Å². The number of carboxylic acids is 1. The fourth-order valence-electron chi connectivity index (χ4n) is 2.19. The van der Waals surface area contributed by atoms with E-state index < -0.39 is 11.9 Å². The number of aliphatic carboxylic acids is 1. The van der Waals surface area contributed by atoms with Gasteiger partial charge < -0.3 is 15.3 Å². The number of amides is 2. The monoisotopic (exact) mass is 326 g/mol. The Hall–Kier alpha value is -1.56. The van der Waals surface area contributed by atoms with Crippen LogP contribution in [0.4, 0.5) is 10.5 Å². The third-order valence-corrected chi connectivity index (χ3v) is 3.84. The standard InChI is InChI=1S/C13H15BrN2O3/c1-8-6-16(7-11(8)12(17)18)13(19)15-10-4-2-9(14)3-5-10/h2-5,8,11H,6-7H2,1H3,(H,15,19)(H,17,18)/t8-,11-/m1/s1. The van der Waals surface area contributed by atoms with Crippen molar-refractivity contribution in [2.45, 2.75) is 6.92 Å². The number of carbonyl (C=O) groups is 2. The Balaban J connectivity index is 1.98. The number of benzene rings is 1. The fraction of sp³-hybridized carbons (Fsp3) is 0.385. The second-order valence-electron chi connectivity index (χ2n) is 4.76. The van der Waals surface area contributed by atoms with E-state index in [0.717, 1.165) is 4.47 Å². The van der Waals surface area contributed by atoms with E-state index in [1.54, 1.807) is 17.0 Å². The quantitative estimate of drug-likeness (QED) is 0.877. The maximum absolute atomic E-state index is 12.0. The number of halogens is 1. The molecule has 2 atom stereocenters. The average Bonchev–Trinajstić information content (AvgIpc) is 2.74. The van der Waals surface area contributed by atoms with Crippen LogP contribution in [0.15, 0.2) is 28.7 Å². The molecule has 1 aromatic rings. The van der Waals surface area contributed by atoms with Crippen molar-refractivity contribution in [2.75, 3.05) is 18.4 Å². The van der Waals surface area contributed by atoms with E-state index in [1.165, 1.54) is 0 Å². The summed E-state index contributed by atoms with van der Waals surface area (Å²) in [6, 6.07) is 6.99. The lowest BCUT2D eigenvalue weighted by molar-refractivity contribution is -0.142. The lowest BCUT2D eigenvalue weighted by Gasteiger charge is -2.16. The first-order valence-corrected chi connectivity index (χ1v) is 6.81. The summed E-state index contributed by atoms with van der Waals surface area (Å²) in [6.07, 6.45) is 0. The molecule has 1 fully saturated rings. The minimum atomic E-state index is -0.841. The highest BCUT2D eigenvalue weighted by molar-refractivity contribution is 9.10. The maximum Gasteiger partial charge on any atom is 0.321 e. The van der Waals surface area contributed by atoms with Crippen LogP contribution in [0.25, 0.3) is 0 Å². The van der Waals surface area contributed by atoms with Crippen molar-refractivity contribution in [1.29, 1.82) is 0 Å². The molecule has 0 unspecified atom stereocenters. The molecule has 1 aliphatic heterocycles. The summed E-state index contributed by atoms with van der Waals surface area (Å²) in [7, 11) is 0. The number of likely N-dealkylation sites (tertiary alicyclic amines) is 1. The predicted octanol–water partition coefficient (Wildman–Crippen LogP) is 2.63. The molecule has 0 aliphatic carbocycles. The Labute approximate surface area is 119 Å². The van der Waals surface area contributed by atoms with Crippen LogP contribution >= 0.6 is 15.9 Å². The molecular formula is C13H15BrN2O3. The van der Waals surface area contributed by atoms with Crippen LogP contribution in [-0.2, 0) is 4.79 Å². The molecule has 1 aliphatic rings. The van der Waals surface area contributed by atoms with Crippen molar-refractivity contribution in [3.05, 3.63) is 28.7 Å². The molecule has 1 aromatic carbocycles. The van der Waals surface area contributed by atoms with Crippen LogP contribution in [0, 0.1) is 11.8 Å². The van der Waals surface area contributed by atoms with Crippen LogP contribution < -0.4 is 5.32 Å². The third-order valence-electron chi connectivity index (χ3n) is 3.31. The molecule has 102 valence electrons. The molecular weight excluding hydrogens is 312 g/mol. The van der Waals surface area contributed by atoms with Crippen LogP contribution in [0.1, 0.15) is 6.92 Å². The molecule has 0 saturated carbocycles. The Morgan fingerprint density at radius 1 is 1.32 bits per heavy atom. The van der Waals surface area contributed by atoms with Crippen molar-refractivity contribution in [1.82, 2.24) is 4.90 Å². The van der Waals surface area contributed by atoms with Gasteiger partial charge in [-0.05, 0) is 30.2 Å². The van der Waals surface area contributed by atoms with Gasteiger partial charge >= 0.3 is 12.0 Å². The highest BCUT2D eigenvalue weighted by atomic mass is 79.9. The molecule has 6 heteroatoms. The largest absolute Gasteiger partial charge is 0.481 e. The van der Waals surface area contributed by atoms with Gasteiger partial charge in [-0.1, -0.05) is 22.9 Å². The van der Waals surface area contributed by atoms with Crippen LogP contribution in [0.2, 0.25) is 0 Å². The van der Waals surface area contributed by atoms with Gasteiger partial charge in [0, 0.05) is 23.2 Å². The first-order valence-electron chi connectivity index (χ1n) is 6.01. The minimum absolute atomic E-state index is 0.0202. The number of anilines is 1. The number of urea groups is 1. The first-order chi connectivity index (χ1) is 8.97. The SMILES string of the molecule is C[C@@H]1CN(C(=O)Nc2ccc(Br)cc2)C[C@H]1C(=O)O. The summed E-state index contributed by atoms with van der Waals surface area (Å²) in [4.78, 5) is 24.6. The number of hydrogen-bond donors (Lipinski definition) is 2. The molecule has 5 nitrogen and oxygen atoms in total. The van der Waals surface area contributed by atoms with Gasteiger partial charge in [0.15, 0.2) is 0 Å². The summed E-state index contributed by atoms with van der Waals surface area (Å²) in [6.45, 7) is 2.59. The van der Waals surface area contributed by atoms with E-state index in [1.807, 2.05) is 19.1 Å². The smallest absolute Gasteiger partial charge is 0.321 e. The maximum atomic E-state index is 12.0. The lowest BCUT2D eigenvalue weighted by atomic mass is 9.99. The van der Waals surface area contributed by atoms with Gasteiger partial charge in [0.1, 0.15) is 0 Å². The molecule has 0 radical (unpaired) electrons. The van der Waals surface area contributed by atoms with Gasteiger partial charge in [-0.15, -0.1) is 0 Å². The van der Waals surface area contributed by atoms with Gasteiger partial charge in [-0.3, -0.25) is 4.79 Å². The zero-order chi connectivity index (χ0) is 14.0. The van der Waals surface area contributed by atoms with Crippen molar-refractivity contribution in [2.24, 2.45) is 11.8 Å². The van der Waals surface area contributed by atoms with Crippen molar-refractivity contribution in [3.8, 4) is 0 Å². The van der Waals surface area contributed by atoms with E-state index in [0.29, 0.717) is 12.2 Å². The molecule has 1 saturated heterocycles. The van der Waals surface area contributed by atoms with Crippen molar-refractivity contribution >= 4 is 33.6 Å². The normalized spacial score (nSPS) is 22.3. The molecule has 0 aromatic heterocycles. The van der Waals surface area contributed by atoms with Crippen molar-refractivity contribution < 1.29 is 14.7 Å².